The van der Waals surface area contributed by atoms with E-state index in [4.69, 9.17) is 4.43 Å². The number of nitro benzene ring substituents is 1. The van der Waals surface area contributed by atoms with Gasteiger partial charge in [-0.15, -0.1) is 0 Å². The van der Waals surface area contributed by atoms with Gasteiger partial charge in [0.15, 0.2) is 8.32 Å². The van der Waals surface area contributed by atoms with Crippen LogP contribution in [0.5, 0.6) is 0 Å². The Morgan fingerprint density at radius 2 is 1.87 bits per heavy atom. The van der Waals surface area contributed by atoms with Gasteiger partial charge in [0.1, 0.15) is 0 Å². The molecule has 0 radical (unpaired) electrons. The van der Waals surface area contributed by atoms with Gasteiger partial charge in [0.2, 0.25) is 0 Å². The van der Waals surface area contributed by atoms with E-state index < -0.39 is 8.32 Å². The SMILES string of the molecule is CC(CCCc1ccccc1[N+](=O)[O-])CO[Si](C)(C)C(C)(C)C. The van der Waals surface area contributed by atoms with Crippen molar-refractivity contribution in [3.05, 3.63) is 39.9 Å². The number of nitrogens with zero attached hydrogens (tertiary/aromatic N) is 1. The maximum absolute atomic E-state index is 11.0. The van der Waals surface area contributed by atoms with Crippen LogP contribution in [0.2, 0.25) is 18.1 Å². The third-order valence-electron chi connectivity index (χ3n) is 4.87. The van der Waals surface area contributed by atoms with Gasteiger partial charge in [0, 0.05) is 18.2 Å². The Kier molecular flexibility index (Phi) is 6.95. The Labute approximate surface area is 141 Å². The second-order valence-electron chi connectivity index (χ2n) is 7.95. The van der Waals surface area contributed by atoms with Crippen LogP contribution in [0.1, 0.15) is 46.1 Å². The molecule has 0 aliphatic rings. The van der Waals surface area contributed by atoms with Gasteiger partial charge in [0.05, 0.1) is 4.92 Å². The van der Waals surface area contributed by atoms with Crippen LogP contribution in [0.3, 0.4) is 0 Å². The monoisotopic (exact) mass is 337 g/mol. The van der Waals surface area contributed by atoms with Crippen molar-refractivity contribution in [2.75, 3.05) is 6.61 Å². The molecule has 0 aliphatic carbocycles. The minimum atomic E-state index is -1.68. The van der Waals surface area contributed by atoms with Crippen LogP contribution in [0.15, 0.2) is 24.3 Å². The fourth-order valence-corrected chi connectivity index (χ4v) is 3.33. The van der Waals surface area contributed by atoms with Gasteiger partial charge >= 0.3 is 0 Å². The maximum atomic E-state index is 11.0. The first-order valence-electron chi connectivity index (χ1n) is 8.41. The molecule has 1 aromatic rings. The smallest absolute Gasteiger partial charge is 0.272 e. The number of benzene rings is 1. The molecule has 1 aromatic carbocycles. The lowest BCUT2D eigenvalue weighted by Gasteiger charge is -2.37. The molecule has 5 heteroatoms. The van der Waals surface area contributed by atoms with Crippen molar-refractivity contribution >= 4 is 14.0 Å². The summed E-state index contributed by atoms with van der Waals surface area (Å²) in [4.78, 5) is 10.7. The summed E-state index contributed by atoms with van der Waals surface area (Å²) >= 11 is 0. The van der Waals surface area contributed by atoms with Crippen LogP contribution in [-0.2, 0) is 10.8 Å². The molecule has 130 valence electrons. The van der Waals surface area contributed by atoms with E-state index in [0.717, 1.165) is 31.4 Å². The lowest BCUT2D eigenvalue weighted by atomic mass is 10.0. The molecule has 0 saturated carbocycles. The highest BCUT2D eigenvalue weighted by atomic mass is 28.4. The van der Waals surface area contributed by atoms with Gasteiger partial charge < -0.3 is 4.43 Å². The van der Waals surface area contributed by atoms with E-state index in [1.54, 1.807) is 12.1 Å². The summed E-state index contributed by atoms with van der Waals surface area (Å²) in [5.41, 5.74) is 1.06. The van der Waals surface area contributed by atoms with Gasteiger partial charge in [-0.2, -0.15) is 0 Å². The van der Waals surface area contributed by atoms with E-state index in [1.165, 1.54) is 0 Å². The van der Waals surface area contributed by atoms with Gasteiger partial charge in [-0.3, -0.25) is 10.1 Å². The van der Waals surface area contributed by atoms with E-state index in [9.17, 15) is 10.1 Å². The molecule has 0 aromatic heterocycles. The molecule has 1 rings (SSSR count). The van der Waals surface area contributed by atoms with Crippen molar-refractivity contribution < 1.29 is 9.35 Å². The first kappa shape index (κ1) is 19.8. The fraction of sp³-hybridized carbons (Fsp3) is 0.667. The molecule has 0 amide bonds. The average Bonchev–Trinajstić information content (AvgIpc) is 2.44. The van der Waals surface area contributed by atoms with Crippen LogP contribution >= 0.6 is 0 Å². The van der Waals surface area contributed by atoms with Crippen molar-refractivity contribution in [3.8, 4) is 0 Å². The molecule has 0 heterocycles. The van der Waals surface area contributed by atoms with E-state index in [2.05, 4.69) is 40.8 Å². The molecule has 0 N–H and O–H groups in total. The molecule has 0 bridgehead atoms. The largest absolute Gasteiger partial charge is 0.417 e. The fourth-order valence-electron chi connectivity index (χ4n) is 2.19. The lowest BCUT2D eigenvalue weighted by Crippen LogP contribution is -2.41. The molecule has 4 nitrogen and oxygen atoms in total. The van der Waals surface area contributed by atoms with Crippen LogP contribution in [0.25, 0.3) is 0 Å². The molecule has 1 unspecified atom stereocenters. The Balaban J connectivity index is 2.44. The number of hydrogen-bond donors (Lipinski definition) is 0. The van der Waals surface area contributed by atoms with Crippen LogP contribution in [0.4, 0.5) is 5.69 Å². The normalized spacial score (nSPS) is 13.8. The molecule has 23 heavy (non-hydrogen) atoms. The number of para-hydroxylation sites is 1. The van der Waals surface area contributed by atoms with Crippen molar-refractivity contribution in [1.82, 2.24) is 0 Å². The Morgan fingerprint density at radius 3 is 2.43 bits per heavy atom. The summed E-state index contributed by atoms with van der Waals surface area (Å²) in [5, 5.41) is 11.2. The Bertz CT molecular complexity index is 523. The molecular formula is C18H31NO3Si. The van der Waals surface area contributed by atoms with E-state index in [-0.39, 0.29) is 15.6 Å². The Hall–Kier alpha value is -1.20. The van der Waals surface area contributed by atoms with E-state index in [0.29, 0.717) is 5.92 Å². The predicted octanol–water partition coefficient (Wildman–Crippen LogP) is 5.58. The molecular weight excluding hydrogens is 306 g/mol. The molecule has 0 spiro atoms. The molecule has 0 saturated heterocycles. The standard InChI is InChI=1S/C18H31NO3Si/c1-15(14-22-23(5,6)18(2,3)4)10-9-12-16-11-7-8-13-17(16)19(20)21/h7-8,11,13,15H,9-10,12,14H2,1-6H3. The van der Waals surface area contributed by atoms with Crippen molar-refractivity contribution in [3.63, 3.8) is 0 Å². The van der Waals surface area contributed by atoms with Crippen molar-refractivity contribution in [1.29, 1.82) is 0 Å². The highest BCUT2D eigenvalue weighted by Crippen LogP contribution is 2.36. The quantitative estimate of drug-likeness (QED) is 0.354. The summed E-state index contributed by atoms with van der Waals surface area (Å²) in [7, 11) is -1.68. The van der Waals surface area contributed by atoms with Gasteiger partial charge in [0.25, 0.3) is 5.69 Å². The summed E-state index contributed by atoms with van der Waals surface area (Å²) in [6.45, 7) is 14.3. The van der Waals surface area contributed by atoms with Gasteiger partial charge in [-0.25, -0.2) is 0 Å². The van der Waals surface area contributed by atoms with Crippen molar-refractivity contribution in [2.45, 2.75) is 65.1 Å². The average molecular weight is 338 g/mol. The zero-order chi connectivity index (χ0) is 17.7. The lowest BCUT2D eigenvalue weighted by molar-refractivity contribution is -0.385. The number of hydrogen-bond acceptors (Lipinski definition) is 3. The third kappa shape index (κ3) is 6.07. The van der Waals surface area contributed by atoms with Crippen molar-refractivity contribution in [2.24, 2.45) is 5.92 Å². The topological polar surface area (TPSA) is 52.4 Å². The highest BCUT2D eigenvalue weighted by molar-refractivity contribution is 6.74. The summed E-state index contributed by atoms with van der Waals surface area (Å²) in [5.74, 6) is 0.479. The zero-order valence-corrected chi connectivity index (χ0v) is 16.4. The molecule has 1 atom stereocenters. The van der Waals surface area contributed by atoms with Gasteiger partial charge in [-0.1, -0.05) is 45.9 Å². The summed E-state index contributed by atoms with van der Waals surface area (Å²) in [6.07, 6.45) is 2.73. The summed E-state index contributed by atoms with van der Waals surface area (Å²) < 4.78 is 6.25. The van der Waals surface area contributed by atoms with E-state index >= 15 is 0 Å². The first-order chi connectivity index (χ1) is 10.5. The Morgan fingerprint density at radius 1 is 1.26 bits per heavy atom. The predicted molar refractivity (Wildman–Crippen MR) is 98.3 cm³/mol. The molecule has 0 fully saturated rings. The second-order valence-corrected chi connectivity index (χ2v) is 12.8. The minimum absolute atomic E-state index is 0.234. The van der Waals surface area contributed by atoms with Crippen LogP contribution in [-0.4, -0.2) is 19.8 Å². The number of nitro groups is 1. The minimum Gasteiger partial charge on any atom is -0.417 e. The number of aryl methyl sites for hydroxylation is 1. The van der Waals surface area contributed by atoms with E-state index in [1.807, 2.05) is 12.1 Å². The molecule has 0 aliphatic heterocycles. The zero-order valence-electron chi connectivity index (χ0n) is 15.4. The number of rotatable bonds is 8. The maximum Gasteiger partial charge on any atom is 0.272 e. The van der Waals surface area contributed by atoms with Crippen LogP contribution < -0.4 is 0 Å². The highest BCUT2D eigenvalue weighted by Gasteiger charge is 2.37. The third-order valence-corrected chi connectivity index (χ3v) is 9.37. The van der Waals surface area contributed by atoms with Gasteiger partial charge in [-0.05, 0) is 43.3 Å². The van der Waals surface area contributed by atoms with Crippen LogP contribution in [0, 0.1) is 16.0 Å². The first-order valence-corrected chi connectivity index (χ1v) is 11.3. The second kappa shape index (κ2) is 8.06. The summed E-state index contributed by atoms with van der Waals surface area (Å²) in [6, 6.07) is 7.03.